The highest BCUT2D eigenvalue weighted by molar-refractivity contribution is 6.02. The fraction of sp³-hybridized carbons (Fsp3) is 0.0800. The van der Waals surface area contributed by atoms with E-state index in [9.17, 15) is 4.79 Å². The second kappa shape index (κ2) is 6.54. The molecule has 136 valence electrons. The van der Waals surface area contributed by atoms with E-state index in [1.165, 1.54) is 33.2 Å². The first-order valence-electron chi connectivity index (χ1n) is 9.37. The third-order valence-corrected chi connectivity index (χ3v) is 5.30. The minimum Gasteiger partial charge on any atom is -0.423 e. The quantitative estimate of drug-likeness (QED) is 0.314. The molecule has 0 bridgehead atoms. The number of rotatable bonds is 3. The molecule has 5 aromatic rings. The summed E-state index contributed by atoms with van der Waals surface area (Å²) in [5, 5.41) is 9.44. The van der Waals surface area contributed by atoms with Gasteiger partial charge in [0.2, 0.25) is 0 Å². The minimum absolute atomic E-state index is 0.317. The van der Waals surface area contributed by atoms with Gasteiger partial charge in [-0.1, -0.05) is 48.5 Å². The van der Waals surface area contributed by atoms with Crippen LogP contribution in [0.3, 0.4) is 0 Å². The molecule has 4 aromatic carbocycles. The van der Waals surface area contributed by atoms with E-state index < -0.39 is 0 Å². The van der Waals surface area contributed by atoms with E-state index in [0.29, 0.717) is 12.1 Å². The first kappa shape index (κ1) is 16.6. The molecule has 0 radical (unpaired) electrons. The van der Waals surface area contributed by atoms with Gasteiger partial charge in [0.1, 0.15) is 5.58 Å². The van der Waals surface area contributed by atoms with Crippen molar-refractivity contribution >= 4 is 38.2 Å². The second-order valence-electron chi connectivity index (χ2n) is 7.11. The van der Waals surface area contributed by atoms with Gasteiger partial charge in [0, 0.05) is 29.8 Å². The topological polar surface area (TPSA) is 42.2 Å². The molecule has 0 fully saturated rings. The van der Waals surface area contributed by atoms with Crippen LogP contribution in [0.5, 0.6) is 0 Å². The first-order valence-corrected chi connectivity index (χ1v) is 9.37. The zero-order valence-electron chi connectivity index (χ0n) is 15.5. The van der Waals surface area contributed by atoms with Crippen molar-refractivity contribution in [1.82, 2.24) is 0 Å². The summed E-state index contributed by atoms with van der Waals surface area (Å²) in [4.78, 5) is 11.7. The summed E-state index contributed by atoms with van der Waals surface area (Å²) in [7, 11) is 0. The Labute approximate surface area is 162 Å². The molecule has 0 spiro atoms. The van der Waals surface area contributed by atoms with Gasteiger partial charge in [0.15, 0.2) is 0 Å². The van der Waals surface area contributed by atoms with E-state index in [1.807, 2.05) is 25.1 Å². The van der Waals surface area contributed by atoms with Gasteiger partial charge in [-0.3, -0.25) is 0 Å². The Morgan fingerprint density at radius 1 is 0.786 bits per heavy atom. The lowest BCUT2D eigenvalue weighted by atomic mass is 9.96. The number of benzene rings is 4. The zero-order valence-corrected chi connectivity index (χ0v) is 15.5. The van der Waals surface area contributed by atoms with Crippen LogP contribution in [0.15, 0.2) is 88.1 Å². The van der Waals surface area contributed by atoms with Crippen LogP contribution in [0.2, 0.25) is 0 Å². The van der Waals surface area contributed by atoms with Crippen LogP contribution in [0.1, 0.15) is 11.1 Å². The summed E-state index contributed by atoms with van der Waals surface area (Å²) in [5.41, 5.74) is 3.41. The third kappa shape index (κ3) is 2.81. The summed E-state index contributed by atoms with van der Waals surface area (Å²) in [6.07, 6.45) is 0. The van der Waals surface area contributed by atoms with Gasteiger partial charge in [0.25, 0.3) is 0 Å². The number of nitrogens with one attached hydrogen (secondary N) is 1. The normalized spacial score (nSPS) is 11.3. The summed E-state index contributed by atoms with van der Waals surface area (Å²) < 4.78 is 5.38. The standard InChI is InChI=1S/C25H19NO2/c1-16-12-25(27)28-24-14-19(10-11-20(16)24)26-15-23-21-8-4-2-6-17(21)13-18-7-3-5-9-22(18)23/h2-14,26H,15H2,1H3. The lowest BCUT2D eigenvalue weighted by Gasteiger charge is -2.14. The number of hydrogen-bond donors (Lipinski definition) is 1. The smallest absolute Gasteiger partial charge is 0.336 e. The summed E-state index contributed by atoms with van der Waals surface area (Å²) in [6, 6.07) is 26.6. The highest BCUT2D eigenvalue weighted by atomic mass is 16.4. The van der Waals surface area contributed by atoms with Gasteiger partial charge < -0.3 is 9.73 Å². The van der Waals surface area contributed by atoms with Crippen molar-refractivity contribution in [3.63, 3.8) is 0 Å². The molecule has 3 nitrogen and oxygen atoms in total. The van der Waals surface area contributed by atoms with Gasteiger partial charge in [-0.15, -0.1) is 0 Å². The first-order chi connectivity index (χ1) is 13.7. The van der Waals surface area contributed by atoms with E-state index in [4.69, 9.17) is 4.42 Å². The highest BCUT2D eigenvalue weighted by Crippen LogP contribution is 2.29. The molecule has 0 aliphatic heterocycles. The lowest BCUT2D eigenvalue weighted by Crippen LogP contribution is -2.02. The van der Waals surface area contributed by atoms with Crippen molar-refractivity contribution < 1.29 is 4.42 Å². The van der Waals surface area contributed by atoms with Crippen molar-refractivity contribution in [2.45, 2.75) is 13.5 Å². The average Bonchev–Trinajstić information content (AvgIpc) is 2.70. The molecule has 3 heteroatoms. The van der Waals surface area contributed by atoms with Crippen molar-refractivity contribution in [2.24, 2.45) is 0 Å². The number of anilines is 1. The molecular formula is C25H19NO2. The second-order valence-corrected chi connectivity index (χ2v) is 7.11. The molecule has 1 N–H and O–H groups in total. The van der Waals surface area contributed by atoms with Gasteiger partial charge >= 0.3 is 5.63 Å². The molecule has 0 saturated heterocycles. The van der Waals surface area contributed by atoms with Gasteiger partial charge in [-0.05, 0) is 57.8 Å². The monoisotopic (exact) mass is 365 g/mol. The largest absolute Gasteiger partial charge is 0.423 e. The van der Waals surface area contributed by atoms with E-state index in [-0.39, 0.29) is 5.63 Å². The molecule has 0 saturated carbocycles. The lowest BCUT2D eigenvalue weighted by molar-refractivity contribution is 0.560. The zero-order chi connectivity index (χ0) is 19.1. The van der Waals surface area contributed by atoms with Crippen LogP contribution in [-0.4, -0.2) is 0 Å². The van der Waals surface area contributed by atoms with E-state index in [0.717, 1.165) is 16.6 Å². The Bertz CT molecular complexity index is 1340. The van der Waals surface area contributed by atoms with Crippen molar-refractivity contribution in [3.8, 4) is 0 Å². The molecule has 0 amide bonds. The molecule has 1 aromatic heterocycles. The summed E-state index contributed by atoms with van der Waals surface area (Å²) in [6.45, 7) is 2.61. The Kier molecular flexibility index (Phi) is 3.87. The average molecular weight is 365 g/mol. The Morgan fingerprint density at radius 3 is 2.18 bits per heavy atom. The van der Waals surface area contributed by atoms with E-state index >= 15 is 0 Å². The number of aryl methyl sites for hydroxylation is 1. The van der Waals surface area contributed by atoms with Crippen LogP contribution in [-0.2, 0) is 6.54 Å². The predicted octanol–water partition coefficient (Wildman–Crippen LogP) is 6.02. The SMILES string of the molecule is Cc1cc(=O)oc2cc(NCc3c4ccccc4cc4ccccc34)ccc12. The molecule has 0 aliphatic carbocycles. The van der Waals surface area contributed by atoms with Crippen LogP contribution >= 0.6 is 0 Å². The maximum Gasteiger partial charge on any atom is 0.336 e. The van der Waals surface area contributed by atoms with E-state index in [1.54, 1.807) is 0 Å². The Hall–Kier alpha value is -3.59. The highest BCUT2D eigenvalue weighted by Gasteiger charge is 2.08. The van der Waals surface area contributed by atoms with Gasteiger partial charge in [-0.2, -0.15) is 0 Å². The summed E-state index contributed by atoms with van der Waals surface area (Å²) in [5.74, 6) is 0. The molecule has 0 unspecified atom stereocenters. The minimum atomic E-state index is -0.317. The van der Waals surface area contributed by atoms with Crippen molar-refractivity contribution in [1.29, 1.82) is 0 Å². The molecule has 0 atom stereocenters. The maximum atomic E-state index is 11.7. The van der Waals surface area contributed by atoms with Crippen LogP contribution in [0.25, 0.3) is 32.5 Å². The maximum absolute atomic E-state index is 11.7. The number of fused-ring (bicyclic) bond motifs is 3. The third-order valence-electron chi connectivity index (χ3n) is 5.30. The predicted molar refractivity (Wildman–Crippen MR) is 116 cm³/mol. The van der Waals surface area contributed by atoms with Crippen molar-refractivity contribution in [2.75, 3.05) is 5.32 Å². The van der Waals surface area contributed by atoms with Crippen LogP contribution in [0.4, 0.5) is 5.69 Å². The fourth-order valence-electron chi connectivity index (χ4n) is 3.92. The Balaban J connectivity index is 1.58. The summed E-state index contributed by atoms with van der Waals surface area (Å²) >= 11 is 0. The fourth-order valence-corrected chi connectivity index (χ4v) is 3.92. The molecule has 28 heavy (non-hydrogen) atoms. The van der Waals surface area contributed by atoms with Crippen LogP contribution < -0.4 is 10.9 Å². The molecule has 1 heterocycles. The molecular weight excluding hydrogens is 346 g/mol. The Morgan fingerprint density at radius 2 is 1.46 bits per heavy atom. The molecule has 5 rings (SSSR count). The van der Waals surface area contributed by atoms with Crippen LogP contribution in [0, 0.1) is 6.92 Å². The van der Waals surface area contributed by atoms with Gasteiger partial charge in [-0.25, -0.2) is 4.79 Å². The van der Waals surface area contributed by atoms with Crippen molar-refractivity contribution in [3.05, 3.63) is 100 Å². The molecule has 0 aliphatic rings. The van der Waals surface area contributed by atoms with E-state index in [2.05, 4.69) is 59.9 Å². The number of hydrogen-bond acceptors (Lipinski definition) is 3. The van der Waals surface area contributed by atoms with Gasteiger partial charge in [0.05, 0.1) is 0 Å².